The van der Waals surface area contributed by atoms with Crippen LogP contribution in [0.15, 0.2) is 0 Å². The smallest absolute Gasteiger partial charge is 0.258 e. The molecule has 6 heterocycles. The Labute approximate surface area is 149 Å². The SMILES string of the molecule is CC12CNCN(CNC1)CC1(C)CNCC([N+](=O)[O-])(CNC2)CNC1. The van der Waals surface area contributed by atoms with Gasteiger partial charge in [0.05, 0.1) is 19.6 Å². The van der Waals surface area contributed by atoms with Gasteiger partial charge in [0, 0.05) is 68.4 Å². The molecule has 6 rings (SSSR count). The van der Waals surface area contributed by atoms with Crippen LogP contribution in [0.4, 0.5) is 0 Å². The maximum Gasteiger partial charge on any atom is 0.258 e. The highest BCUT2D eigenvalue weighted by atomic mass is 16.6. The lowest BCUT2D eigenvalue weighted by Crippen LogP contribution is -2.66. The molecule has 0 unspecified atom stereocenters. The van der Waals surface area contributed by atoms with Crippen molar-refractivity contribution in [3.63, 3.8) is 0 Å². The molecule has 5 N–H and O–H groups in total. The van der Waals surface area contributed by atoms with Crippen LogP contribution >= 0.6 is 0 Å². The van der Waals surface area contributed by atoms with Crippen LogP contribution in [-0.2, 0) is 0 Å². The fourth-order valence-corrected chi connectivity index (χ4v) is 4.27. The topological polar surface area (TPSA) is 107 Å². The molecule has 6 aliphatic heterocycles. The van der Waals surface area contributed by atoms with E-state index in [2.05, 4.69) is 45.3 Å². The summed E-state index contributed by atoms with van der Waals surface area (Å²) in [5, 5.41) is 29.2. The number of nitro groups is 1. The van der Waals surface area contributed by atoms with Crippen molar-refractivity contribution in [2.24, 2.45) is 10.8 Å². The first-order valence-corrected chi connectivity index (χ1v) is 9.25. The van der Waals surface area contributed by atoms with E-state index in [4.69, 9.17) is 0 Å². The van der Waals surface area contributed by atoms with Crippen molar-refractivity contribution >= 4 is 0 Å². The van der Waals surface area contributed by atoms with E-state index in [0.717, 1.165) is 52.6 Å². The van der Waals surface area contributed by atoms with E-state index in [9.17, 15) is 10.1 Å². The van der Waals surface area contributed by atoms with Crippen LogP contribution < -0.4 is 26.6 Å². The van der Waals surface area contributed by atoms with Gasteiger partial charge in [0.25, 0.3) is 5.54 Å². The Hall–Kier alpha value is -0.840. The van der Waals surface area contributed by atoms with Crippen molar-refractivity contribution in [1.82, 2.24) is 31.5 Å². The van der Waals surface area contributed by atoms with E-state index >= 15 is 0 Å². The van der Waals surface area contributed by atoms with Crippen molar-refractivity contribution < 1.29 is 4.92 Å². The van der Waals surface area contributed by atoms with Gasteiger partial charge in [-0.25, -0.2) is 0 Å². The second kappa shape index (κ2) is 7.42. The molecule has 0 radical (unpaired) electrons. The number of rotatable bonds is 1. The zero-order valence-electron chi connectivity index (χ0n) is 15.5. The zero-order chi connectivity index (χ0) is 18.0. The van der Waals surface area contributed by atoms with Gasteiger partial charge >= 0.3 is 0 Å². The summed E-state index contributed by atoms with van der Waals surface area (Å²) in [4.78, 5) is 14.1. The maximum atomic E-state index is 11.9. The third-order valence-corrected chi connectivity index (χ3v) is 5.78. The van der Waals surface area contributed by atoms with E-state index < -0.39 is 5.54 Å². The van der Waals surface area contributed by atoms with Crippen LogP contribution in [0.25, 0.3) is 0 Å². The summed E-state index contributed by atoms with van der Waals surface area (Å²) >= 11 is 0. The minimum atomic E-state index is -1.00. The largest absolute Gasteiger partial charge is 0.309 e. The molecule has 9 heteroatoms. The minimum Gasteiger partial charge on any atom is -0.309 e. The second-order valence-electron chi connectivity index (χ2n) is 8.91. The van der Waals surface area contributed by atoms with Gasteiger partial charge in [-0.05, 0) is 0 Å². The van der Waals surface area contributed by atoms with Gasteiger partial charge in [0.15, 0.2) is 0 Å². The van der Waals surface area contributed by atoms with E-state index in [1.165, 1.54) is 0 Å². The molecule has 0 atom stereocenters. The Morgan fingerprint density at radius 1 is 0.760 bits per heavy atom. The Kier molecular flexibility index (Phi) is 5.62. The highest BCUT2D eigenvalue weighted by molar-refractivity contribution is 4.95. The molecule has 4 bridgehead atoms. The number of nitrogens with one attached hydrogen (secondary N) is 5. The van der Waals surface area contributed by atoms with Crippen molar-refractivity contribution in [3.05, 3.63) is 10.1 Å². The quantitative estimate of drug-likeness (QED) is 0.278. The summed E-state index contributed by atoms with van der Waals surface area (Å²) in [5.41, 5.74) is -0.935. The van der Waals surface area contributed by atoms with Gasteiger partial charge in [0.2, 0.25) is 0 Å². The summed E-state index contributed by atoms with van der Waals surface area (Å²) in [5.74, 6) is 0. The van der Waals surface area contributed by atoms with Crippen LogP contribution in [0.2, 0.25) is 0 Å². The summed E-state index contributed by atoms with van der Waals surface area (Å²) in [6, 6.07) is 0. The van der Waals surface area contributed by atoms with Gasteiger partial charge in [-0.15, -0.1) is 0 Å². The summed E-state index contributed by atoms with van der Waals surface area (Å²) < 4.78 is 0. The van der Waals surface area contributed by atoms with Crippen molar-refractivity contribution in [1.29, 1.82) is 0 Å². The molecule has 6 fully saturated rings. The number of hydrogen-bond donors (Lipinski definition) is 5. The molecular formula is C16H33N7O2. The maximum absolute atomic E-state index is 11.9. The number of nitrogens with zero attached hydrogens (tertiary/aromatic N) is 2. The lowest BCUT2D eigenvalue weighted by atomic mass is 9.86. The molecule has 0 aromatic carbocycles. The normalized spacial score (nSPS) is 43.8. The zero-order valence-corrected chi connectivity index (χ0v) is 15.5. The summed E-state index contributed by atoms with van der Waals surface area (Å²) in [6.07, 6.45) is 0. The molecule has 6 aliphatic rings. The van der Waals surface area contributed by atoms with Crippen molar-refractivity contribution in [2.75, 3.05) is 72.2 Å². The number of hydrogen-bond acceptors (Lipinski definition) is 8. The first-order chi connectivity index (χ1) is 11.9. The molecular weight excluding hydrogens is 322 g/mol. The van der Waals surface area contributed by atoms with Crippen LogP contribution in [0.5, 0.6) is 0 Å². The Morgan fingerprint density at radius 2 is 1.20 bits per heavy atom. The molecule has 0 saturated carbocycles. The Bertz CT molecular complexity index is 467. The van der Waals surface area contributed by atoms with Crippen LogP contribution in [0.3, 0.4) is 0 Å². The van der Waals surface area contributed by atoms with Crippen LogP contribution in [0, 0.1) is 20.9 Å². The highest BCUT2D eigenvalue weighted by Crippen LogP contribution is 2.22. The van der Waals surface area contributed by atoms with Gasteiger partial charge < -0.3 is 26.6 Å². The lowest BCUT2D eigenvalue weighted by molar-refractivity contribution is -0.563. The lowest BCUT2D eigenvalue weighted by Gasteiger charge is -2.43. The standard InChI is InChI=1S/C16H33N7O2/c1-14-3-17-8-16(23(24)25)9-18-6-15(2,7-19-10-16)11-22(12-20-4-14)13-21-5-14/h17-21H,3-13H2,1-2H3. The average Bonchev–Trinajstić information content (AvgIpc) is 2.50. The average molecular weight is 355 g/mol. The first-order valence-electron chi connectivity index (χ1n) is 9.25. The minimum absolute atomic E-state index is 0.0339. The third-order valence-electron chi connectivity index (χ3n) is 5.78. The monoisotopic (exact) mass is 355 g/mol. The molecule has 0 aromatic heterocycles. The van der Waals surface area contributed by atoms with Crippen molar-refractivity contribution in [3.8, 4) is 0 Å². The van der Waals surface area contributed by atoms with Gasteiger partial charge in [0.1, 0.15) is 0 Å². The molecule has 144 valence electrons. The fraction of sp³-hybridized carbons (Fsp3) is 1.00. The predicted molar refractivity (Wildman–Crippen MR) is 97.0 cm³/mol. The van der Waals surface area contributed by atoms with Gasteiger partial charge in [-0.2, -0.15) is 0 Å². The predicted octanol–water partition coefficient (Wildman–Crippen LogP) is -1.78. The fourth-order valence-electron chi connectivity index (χ4n) is 4.27. The highest BCUT2D eigenvalue weighted by Gasteiger charge is 2.45. The molecule has 25 heavy (non-hydrogen) atoms. The molecule has 9 nitrogen and oxygen atoms in total. The summed E-state index contributed by atoms with van der Waals surface area (Å²) in [6.45, 7) is 12.4. The second-order valence-corrected chi connectivity index (χ2v) is 8.91. The Morgan fingerprint density at radius 3 is 1.68 bits per heavy atom. The molecule has 0 spiro atoms. The van der Waals surface area contributed by atoms with E-state index in [1.54, 1.807) is 0 Å². The van der Waals surface area contributed by atoms with Crippen LogP contribution in [-0.4, -0.2) is 87.6 Å². The van der Waals surface area contributed by atoms with E-state index in [1.807, 2.05) is 0 Å². The molecule has 0 aliphatic carbocycles. The van der Waals surface area contributed by atoms with E-state index in [-0.39, 0.29) is 15.8 Å². The molecule has 0 aromatic rings. The van der Waals surface area contributed by atoms with Crippen molar-refractivity contribution in [2.45, 2.75) is 19.4 Å². The molecule has 0 amide bonds. The molecule has 6 saturated heterocycles. The van der Waals surface area contributed by atoms with Gasteiger partial charge in [-0.1, -0.05) is 13.8 Å². The summed E-state index contributed by atoms with van der Waals surface area (Å²) in [7, 11) is 0. The van der Waals surface area contributed by atoms with Crippen LogP contribution in [0.1, 0.15) is 13.8 Å². The third kappa shape index (κ3) is 4.47. The van der Waals surface area contributed by atoms with E-state index in [0.29, 0.717) is 19.6 Å². The van der Waals surface area contributed by atoms with Gasteiger partial charge in [-0.3, -0.25) is 15.0 Å². The Balaban J connectivity index is 1.84. The first kappa shape index (κ1) is 18.9.